The van der Waals surface area contributed by atoms with Gasteiger partial charge < -0.3 is 15.2 Å². The molecular formula is C11H11Cl2NO4. The maximum atomic E-state index is 11.6. The number of benzene rings is 1. The highest BCUT2D eigenvalue weighted by Crippen LogP contribution is 2.30. The minimum Gasteiger partial charge on any atom is -0.478 e. The van der Waals surface area contributed by atoms with Crippen molar-refractivity contribution in [1.82, 2.24) is 0 Å². The average Bonchev–Trinajstić information content (AvgIpc) is 2.30. The van der Waals surface area contributed by atoms with E-state index in [0.29, 0.717) is 0 Å². The van der Waals surface area contributed by atoms with Gasteiger partial charge in [0.25, 0.3) is 5.91 Å². The maximum Gasteiger partial charge on any atom is 0.337 e. The first kappa shape index (κ1) is 14.8. The Hall–Kier alpha value is -1.30. The van der Waals surface area contributed by atoms with Crippen molar-refractivity contribution in [3.63, 3.8) is 0 Å². The number of hydrogen-bond donors (Lipinski definition) is 2. The summed E-state index contributed by atoms with van der Waals surface area (Å²) < 4.78 is 4.82. The normalized spacial score (nSPS) is 12.0. The van der Waals surface area contributed by atoms with E-state index in [4.69, 9.17) is 33.0 Å². The third kappa shape index (κ3) is 3.35. The fraction of sp³-hybridized carbons (Fsp3) is 0.273. The molecule has 1 atom stereocenters. The van der Waals surface area contributed by atoms with Gasteiger partial charge in [0.2, 0.25) is 0 Å². The van der Waals surface area contributed by atoms with Crippen molar-refractivity contribution in [3.8, 4) is 0 Å². The Balaban J connectivity index is 3.15. The molecule has 98 valence electrons. The molecule has 2 N–H and O–H groups in total. The lowest BCUT2D eigenvalue weighted by Gasteiger charge is -2.14. The molecule has 18 heavy (non-hydrogen) atoms. The number of amides is 1. The summed E-state index contributed by atoms with van der Waals surface area (Å²) >= 11 is 11.6. The summed E-state index contributed by atoms with van der Waals surface area (Å²) in [5.74, 6) is -1.73. The van der Waals surface area contributed by atoms with Gasteiger partial charge in [-0.05, 0) is 19.1 Å². The predicted molar refractivity (Wildman–Crippen MR) is 68.5 cm³/mol. The number of carbonyl (C=O) groups is 2. The van der Waals surface area contributed by atoms with E-state index in [9.17, 15) is 9.59 Å². The zero-order valence-corrected chi connectivity index (χ0v) is 11.2. The van der Waals surface area contributed by atoms with Crippen LogP contribution in [-0.2, 0) is 9.53 Å². The summed E-state index contributed by atoms with van der Waals surface area (Å²) in [4.78, 5) is 22.7. The number of aromatic carboxylic acids is 1. The van der Waals surface area contributed by atoms with Crippen LogP contribution in [0.2, 0.25) is 10.0 Å². The number of nitrogens with one attached hydrogen (secondary N) is 1. The number of carboxylic acids is 1. The fourth-order valence-corrected chi connectivity index (χ4v) is 1.74. The number of methoxy groups -OCH3 is 1. The smallest absolute Gasteiger partial charge is 0.337 e. The number of carboxylic acid groups (broad SMARTS) is 1. The molecule has 0 fully saturated rings. The van der Waals surface area contributed by atoms with Crippen molar-refractivity contribution in [3.05, 3.63) is 27.7 Å². The van der Waals surface area contributed by atoms with Crippen LogP contribution >= 0.6 is 23.2 Å². The van der Waals surface area contributed by atoms with Crippen molar-refractivity contribution >= 4 is 40.8 Å². The molecule has 5 nitrogen and oxygen atoms in total. The first-order valence-electron chi connectivity index (χ1n) is 4.92. The zero-order chi connectivity index (χ0) is 13.9. The van der Waals surface area contributed by atoms with E-state index in [0.717, 1.165) is 0 Å². The second kappa shape index (κ2) is 6.04. The van der Waals surface area contributed by atoms with Crippen LogP contribution in [0.1, 0.15) is 17.3 Å². The SMILES string of the molecule is COC(C)C(=O)Nc1c(Cl)cc(Cl)cc1C(=O)O. The highest BCUT2D eigenvalue weighted by Gasteiger charge is 2.19. The van der Waals surface area contributed by atoms with Gasteiger partial charge in [-0.2, -0.15) is 0 Å². The second-order valence-electron chi connectivity index (χ2n) is 3.48. The zero-order valence-electron chi connectivity index (χ0n) is 9.66. The third-order valence-electron chi connectivity index (χ3n) is 2.26. The predicted octanol–water partition coefficient (Wildman–Crippen LogP) is 2.67. The van der Waals surface area contributed by atoms with Gasteiger partial charge in [-0.15, -0.1) is 0 Å². The Kier molecular flexibility index (Phi) is 4.95. The van der Waals surface area contributed by atoms with E-state index in [-0.39, 0.29) is 21.3 Å². The topological polar surface area (TPSA) is 75.6 Å². The summed E-state index contributed by atoms with van der Waals surface area (Å²) in [6.07, 6.45) is -0.724. The largest absolute Gasteiger partial charge is 0.478 e. The number of halogens is 2. The molecule has 1 unspecified atom stereocenters. The van der Waals surface area contributed by atoms with E-state index < -0.39 is 18.0 Å². The number of ether oxygens (including phenoxy) is 1. The molecule has 0 aliphatic rings. The average molecular weight is 292 g/mol. The second-order valence-corrected chi connectivity index (χ2v) is 4.33. The van der Waals surface area contributed by atoms with Crippen LogP contribution in [-0.4, -0.2) is 30.2 Å². The Morgan fingerprint density at radius 2 is 2.00 bits per heavy atom. The first-order valence-corrected chi connectivity index (χ1v) is 5.68. The van der Waals surface area contributed by atoms with E-state index >= 15 is 0 Å². The van der Waals surface area contributed by atoms with E-state index in [2.05, 4.69) is 5.32 Å². The van der Waals surface area contributed by atoms with Gasteiger partial charge in [-0.1, -0.05) is 23.2 Å². The lowest BCUT2D eigenvalue weighted by atomic mass is 10.1. The van der Waals surface area contributed by atoms with Gasteiger partial charge in [0.1, 0.15) is 6.10 Å². The Bertz CT molecular complexity index is 490. The molecule has 0 aliphatic carbocycles. The number of hydrogen-bond acceptors (Lipinski definition) is 3. The van der Waals surface area contributed by atoms with E-state index in [1.807, 2.05) is 0 Å². The molecule has 1 rings (SSSR count). The van der Waals surface area contributed by atoms with E-state index in [1.165, 1.54) is 26.2 Å². The molecule has 1 aromatic carbocycles. The van der Waals surface area contributed by atoms with Crippen molar-refractivity contribution in [2.75, 3.05) is 12.4 Å². The molecule has 7 heteroatoms. The fourth-order valence-electron chi connectivity index (χ4n) is 1.20. The summed E-state index contributed by atoms with van der Waals surface area (Å²) in [5, 5.41) is 11.7. The van der Waals surface area contributed by atoms with Crippen LogP contribution in [0.3, 0.4) is 0 Å². The summed E-state index contributed by atoms with van der Waals surface area (Å²) in [6, 6.07) is 2.56. The lowest BCUT2D eigenvalue weighted by molar-refractivity contribution is -0.124. The minimum atomic E-state index is -1.24. The standard InChI is InChI=1S/C11H11Cl2NO4/c1-5(18-2)10(15)14-9-7(11(16)17)3-6(12)4-8(9)13/h3-5H,1-2H3,(H,14,15)(H,16,17). The number of carbonyl (C=O) groups excluding carboxylic acids is 1. The number of anilines is 1. The quantitative estimate of drug-likeness (QED) is 0.894. The minimum absolute atomic E-state index is 0.00228. The van der Waals surface area contributed by atoms with Crippen molar-refractivity contribution in [1.29, 1.82) is 0 Å². The molecule has 0 aromatic heterocycles. The first-order chi connectivity index (χ1) is 8.36. The molecule has 0 aliphatic heterocycles. The van der Waals surface area contributed by atoms with Crippen LogP contribution in [0, 0.1) is 0 Å². The van der Waals surface area contributed by atoms with Gasteiger partial charge >= 0.3 is 5.97 Å². The third-order valence-corrected chi connectivity index (χ3v) is 2.77. The molecule has 0 saturated heterocycles. The summed E-state index contributed by atoms with van der Waals surface area (Å²) in [7, 11) is 1.37. The van der Waals surface area contributed by atoms with Gasteiger partial charge in [0.05, 0.1) is 16.3 Å². The van der Waals surface area contributed by atoms with Crippen LogP contribution in [0.4, 0.5) is 5.69 Å². The van der Waals surface area contributed by atoms with Gasteiger partial charge in [0.15, 0.2) is 0 Å². The Morgan fingerprint density at radius 3 is 2.50 bits per heavy atom. The molecule has 0 saturated carbocycles. The van der Waals surface area contributed by atoms with Gasteiger partial charge in [-0.3, -0.25) is 4.79 Å². The highest BCUT2D eigenvalue weighted by molar-refractivity contribution is 6.37. The van der Waals surface area contributed by atoms with E-state index in [1.54, 1.807) is 0 Å². The Labute approximate surface area is 114 Å². The van der Waals surface area contributed by atoms with Crippen LogP contribution in [0.25, 0.3) is 0 Å². The molecule has 0 spiro atoms. The molecule has 0 radical (unpaired) electrons. The Morgan fingerprint density at radius 1 is 1.39 bits per heavy atom. The molecule has 1 amide bonds. The van der Waals surface area contributed by atoms with Crippen LogP contribution in [0.15, 0.2) is 12.1 Å². The van der Waals surface area contributed by atoms with Crippen LogP contribution < -0.4 is 5.32 Å². The van der Waals surface area contributed by atoms with Crippen molar-refractivity contribution in [2.45, 2.75) is 13.0 Å². The molecule has 1 aromatic rings. The van der Waals surface area contributed by atoms with Gasteiger partial charge in [-0.25, -0.2) is 4.79 Å². The summed E-state index contributed by atoms with van der Waals surface area (Å²) in [6.45, 7) is 1.53. The highest BCUT2D eigenvalue weighted by atomic mass is 35.5. The van der Waals surface area contributed by atoms with Crippen molar-refractivity contribution in [2.24, 2.45) is 0 Å². The monoisotopic (exact) mass is 291 g/mol. The molecule has 0 bridgehead atoms. The maximum absolute atomic E-state index is 11.6. The van der Waals surface area contributed by atoms with Crippen molar-refractivity contribution < 1.29 is 19.4 Å². The number of rotatable bonds is 4. The molecular weight excluding hydrogens is 281 g/mol. The lowest BCUT2D eigenvalue weighted by Crippen LogP contribution is -2.27. The van der Waals surface area contributed by atoms with Crippen LogP contribution in [0.5, 0.6) is 0 Å². The molecule has 0 heterocycles. The van der Waals surface area contributed by atoms with Gasteiger partial charge in [0, 0.05) is 12.1 Å². The summed E-state index contributed by atoms with van der Waals surface area (Å²) in [5.41, 5.74) is -0.174.